The summed E-state index contributed by atoms with van der Waals surface area (Å²) in [6.45, 7) is 8.03. The molecule has 1 aliphatic heterocycles. The highest BCUT2D eigenvalue weighted by molar-refractivity contribution is 8.08. The number of aryl methyl sites for hydroxylation is 1. The molecule has 0 aliphatic carbocycles. The average molecular weight is 660 g/mol. The van der Waals surface area contributed by atoms with E-state index in [0.29, 0.717) is 22.2 Å². The van der Waals surface area contributed by atoms with Crippen LogP contribution in [0.25, 0.3) is 21.3 Å². The molecular formula is C28H27BrN4O2S4. The molecular weight excluding hydrogens is 633 g/mol. The average Bonchev–Trinajstić information content (AvgIpc) is 3.64. The van der Waals surface area contributed by atoms with Gasteiger partial charge in [-0.1, -0.05) is 47.4 Å². The zero-order chi connectivity index (χ0) is 26.6. The predicted molar refractivity (Wildman–Crippen MR) is 161 cm³/mol. The Balaban J connectivity index is 0.00000308. The maximum atomic E-state index is 13.7. The Morgan fingerprint density at radius 2 is 1.54 bits per heavy atom. The first-order chi connectivity index (χ1) is 18.5. The number of para-hydroxylation sites is 2. The Morgan fingerprint density at radius 3 is 2.26 bits per heavy atom. The summed E-state index contributed by atoms with van der Waals surface area (Å²) in [5, 5.41) is 2.03. The van der Waals surface area contributed by atoms with E-state index >= 15 is 0 Å². The van der Waals surface area contributed by atoms with Gasteiger partial charge in [0.2, 0.25) is 5.52 Å². The Hall–Kier alpha value is -2.44. The van der Waals surface area contributed by atoms with Gasteiger partial charge in [-0.25, -0.2) is 0 Å². The number of benzene rings is 2. The van der Waals surface area contributed by atoms with Gasteiger partial charge < -0.3 is 21.9 Å². The van der Waals surface area contributed by atoms with Gasteiger partial charge in [0.15, 0.2) is 0 Å². The second kappa shape index (κ2) is 11.2. The molecule has 0 saturated carbocycles. The molecule has 0 radical (unpaired) electrons. The highest BCUT2D eigenvalue weighted by Gasteiger charge is 2.24. The first-order valence-corrected chi connectivity index (χ1v) is 15.8. The summed E-state index contributed by atoms with van der Waals surface area (Å²) in [7, 11) is 2.00. The molecule has 1 aliphatic rings. The minimum absolute atomic E-state index is 0. The van der Waals surface area contributed by atoms with Crippen molar-refractivity contribution in [2.24, 2.45) is 0 Å². The lowest BCUT2D eigenvalue weighted by Crippen LogP contribution is -3.00. The van der Waals surface area contributed by atoms with Crippen molar-refractivity contribution in [3.05, 3.63) is 92.6 Å². The van der Waals surface area contributed by atoms with Gasteiger partial charge in [0, 0.05) is 31.1 Å². The van der Waals surface area contributed by atoms with Crippen molar-refractivity contribution >= 4 is 72.8 Å². The highest BCUT2D eigenvalue weighted by Crippen LogP contribution is 2.45. The first kappa shape index (κ1) is 28.1. The van der Waals surface area contributed by atoms with Crippen molar-refractivity contribution in [3.63, 3.8) is 0 Å². The van der Waals surface area contributed by atoms with E-state index in [-0.39, 0.29) is 28.1 Å². The number of thioether (sulfide) groups is 1. The predicted octanol–water partition coefficient (Wildman–Crippen LogP) is 1.12. The maximum absolute atomic E-state index is 13.7. The van der Waals surface area contributed by atoms with Gasteiger partial charge >= 0.3 is 0 Å². The number of fused-ring (bicyclic) bond motifs is 2. The molecule has 0 atom stereocenters. The number of thiazole rings is 3. The molecule has 11 heteroatoms. The Labute approximate surface area is 251 Å². The van der Waals surface area contributed by atoms with Gasteiger partial charge in [0.25, 0.3) is 16.1 Å². The standard InChI is InChI=1S/C28H27N4O2S4.BrH/c1-5-30-18-13-9-11-15-20(18)35-21(30)16-22-31(6-2)25(33)24(37-22)28-32(7-3)26(34)23(38-28)27-29(4)17-12-8-10-14-19(17)36-27;/h8-16H,5-7H2,1-4H3;1H/q+1;/p-1. The van der Waals surface area contributed by atoms with Gasteiger partial charge in [0.05, 0.1) is 11.8 Å². The Bertz CT molecular complexity index is 2050. The van der Waals surface area contributed by atoms with Gasteiger partial charge in [-0.15, -0.1) is 22.7 Å². The van der Waals surface area contributed by atoms with E-state index in [1.165, 1.54) is 32.9 Å². The van der Waals surface area contributed by atoms with E-state index < -0.39 is 0 Å². The molecule has 5 aromatic rings. The third-order valence-electron chi connectivity index (χ3n) is 6.75. The number of nitrogens with zero attached hydrogens (tertiary/aromatic N) is 4. The number of rotatable bonds is 4. The lowest BCUT2D eigenvalue weighted by Gasteiger charge is -2.11. The van der Waals surface area contributed by atoms with Crippen molar-refractivity contribution in [2.75, 3.05) is 11.9 Å². The topological polar surface area (TPSA) is 51.1 Å². The van der Waals surface area contributed by atoms with Crippen molar-refractivity contribution in [2.45, 2.75) is 45.3 Å². The van der Waals surface area contributed by atoms with Gasteiger partial charge in [-0.3, -0.25) is 18.7 Å². The summed E-state index contributed by atoms with van der Waals surface area (Å²) in [6, 6.07) is 16.6. The molecule has 202 valence electrons. The van der Waals surface area contributed by atoms with Crippen LogP contribution in [-0.4, -0.2) is 16.2 Å². The highest BCUT2D eigenvalue weighted by atomic mass is 79.9. The number of anilines is 1. The van der Waals surface area contributed by atoms with Crippen LogP contribution in [0.15, 0.2) is 63.0 Å². The molecule has 0 amide bonds. The Morgan fingerprint density at radius 1 is 0.846 bits per heavy atom. The van der Waals surface area contributed by atoms with Gasteiger partial charge in [-0.2, -0.15) is 4.57 Å². The van der Waals surface area contributed by atoms with Crippen LogP contribution in [0.2, 0.25) is 0 Å². The number of hydrogen-bond acceptors (Lipinski definition) is 7. The lowest BCUT2D eigenvalue weighted by atomic mass is 10.3. The van der Waals surface area contributed by atoms with E-state index in [2.05, 4.69) is 58.9 Å². The van der Waals surface area contributed by atoms with E-state index in [1.807, 2.05) is 37.6 Å². The molecule has 3 aromatic heterocycles. The normalized spacial score (nSPS) is 15.7. The SMILES string of the molecule is CCn1c(=Cc2sc3ccccc3[n+]2CC)sc(=c2sc(=C3Sc4ccccc4N3C)c(=O)n2CC)c1=O.[Br-]. The number of hydrogen-bond donors (Lipinski definition) is 0. The van der Waals surface area contributed by atoms with E-state index in [4.69, 9.17) is 0 Å². The van der Waals surface area contributed by atoms with E-state index in [0.717, 1.165) is 36.5 Å². The minimum atomic E-state index is -0.0383. The van der Waals surface area contributed by atoms with Gasteiger partial charge in [-0.05, 0) is 39.0 Å². The third kappa shape index (κ3) is 4.58. The fourth-order valence-electron chi connectivity index (χ4n) is 4.86. The number of halogens is 1. The van der Waals surface area contributed by atoms with E-state index in [9.17, 15) is 9.59 Å². The second-order valence-electron chi connectivity index (χ2n) is 8.84. The van der Waals surface area contributed by atoms with Crippen LogP contribution in [0.1, 0.15) is 25.8 Å². The van der Waals surface area contributed by atoms with E-state index in [1.54, 1.807) is 27.7 Å². The minimum Gasteiger partial charge on any atom is -1.00 e. The van der Waals surface area contributed by atoms with Crippen LogP contribution in [0, 0.1) is 9.20 Å². The van der Waals surface area contributed by atoms with Crippen molar-refractivity contribution in [3.8, 4) is 0 Å². The zero-order valence-corrected chi connectivity index (χ0v) is 26.8. The molecule has 2 aromatic carbocycles. The molecule has 0 saturated heterocycles. The van der Waals surface area contributed by atoms with Crippen LogP contribution in [0.5, 0.6) is 0 Å². The van der Waals surface area contributed by atoms with Gasteiger partial charge in [0.1, 0.15) is 34.7 Å². The fraction of sp³-hybridized carbons (Fsp3) is 0.250. The first-order valence-electron chi connectivity index (χ1n) is 12.6. The molecule has 4 heterocycles. The summed E-state index contributed by atoms with van der Waals surface area (Å²) in [4.78, 5) is 30.6. The maximum Gasteiger partial charge on any atom is 0.272 e. The zero-order valence-electron chi connectivity index (χ0n) is 21.9. The molecule has 6 rings (SSSR count). The summed E-state index contributed by atoms with van der Waals surface area (Å²) >= 11 is 6.26. The third-order valence-corrected chi connectivity index (χ3v) is 11.7. The molecule has 6 nitrogen and oxygen atoms in total. The molecule has 0 fully saturated rings. The molecule has 0 N–H and O–H groups in total. The summed E-state index contributed by atoms with van der Waals surface area (Å²) in [6.07, 6.45) is 2.13. The van der Waals surface area contributed by atoms with Crippen LogP contribution in [0.4, 0.5) is 5.69 Å². The smallest absolute Gasteiger partial charge is 0.272 e. The Kier molecular flexibility index (Phi) is 8.08. The van der Waals surface area contributed by atoms with Crippen LogP contribution in [0.3, 0.4) is 0 Å². The monoisotopic (exact) mass is 658 g/mol. The van der Waals surface area contributed by atoms with Crippen LogP contribution in [-0.2, 0) is 19.6 Å². The second-order valence-corrected chi connectivity index (χ2v) is 13.0. The fourth-order valence-corrected chi connectivity index (χ4v) is 9.89. The largest absolute Gasteiger partial charge is 1.00 e. The van der Waals surface area contributed by atoms with Crippen LogP contribution >= 0.6 is 45.8 Å². The molecule has 0 spiro atoms. The van der Waals surface area contributed by atoms with Crippen LogP contribution < -0.4 is 46.8 Å². The summed E-state index contributed by atoms with van der Waals surface area (Å²) in [5.41, 5.74) is 2.22. The number of aromatic nitrogens is 3. The quantitative estimate of drug-likeness (QED) is 0.272. The lowest BCUT2D eigenvalue weighted by molar-refractivity contribution is -0.665. The summed E-state index contributed by atoms with van der Waals surface area (Å²) in [5.74, 6) is 0. The molecule has 0 bridgehead atoms. The van der Waals surface area contributed by atoms with Crippen molar-refractivity contribution in [1.82, 2.24) is 9.13 Å². The van der Waals surface area contributed by atoms with Crippen molar-refractivity contribution < 1.29 is 21.5 Å². The molecule has 39 heavy (non-hydrogen) atoms. The summed E-state index contributed by atoms with van der Waals surface area (Å²) < 4.78 is 10.0. The van der Waals surface area contributed by atoms with Crippen molar-refractivity contribution in [1.29, 1.82) is 0 Å². The molecule has 0 unspecified atom stereocenters.